The third-order valence-electron chi connectivity index (χ3n) is 2.97. The molecule has 0 aliphatic rings. The first kappa shape index (κ1) is 16.3. The van der Waals surface area contributed by atoms with Crippen LogP contribution in [-0.2, 0) is 6.42 Å². The first-order valence-electron chi connectivity index (χ1n) is 6.91. The lowest BCUT2D eigenvalue weighted by Crippen LogP contribution is -2.38. The minimum atomic E-state index is -0.181. The van der Waals surface area contributed by atoms with Crippen LogP contribution in [0.5, 0.6) is 5.75 Å². The topological polar surface area (TPSA) is 70.6 Å². The van der Waals surface area contributed by atoms with E-state index in [4.69, 9.17) is 9.84 Å². The minimum absolute atomic E-state index is 0.0914. The summed E-state index contributed by atoms with van der Waals surface area (Å²) in [7, 11) is 1.65. The molecule has 1 atom stereocenters. The summed E-state index contributed by atoms with van der Waals surface area (Å²) in [5, 5.41) is 14.1. The Bertz CT molecular complexity index is 393. The third-order valence-corrected chi connectivity index (χ3v) is 2.97. The predicted octanol–water partition coefficient (Wildman–Crippen LogP) is 1.56. The zero-order chi connectivity index (χ0) is 14.8. The second-order valence-electron chi connectivity index (χ2n) is 4.87. The van der Waals surface area contributed by atoms with Gasteiger partial charge in [0, 0.05) is 19.7 Å². The molecule has 3 N–H and O–H groups in total. The van der Waals surface area contributed by atoms with Crippen molar-refractivity contribution in [1.82, 2.24) is 10.6 Å². The van der Waals surface area contributed by atoms with E-state index < -0.39 is 0 Å². The number of rotatable bonds is 8. The van der Waals surface area contributed by atoms with E-state index in [1.807, 2.05) is 24.3 Å². The zero-order valence-corrected chi connectivity index (χ0v) is 12.2. The summed E-state index contributed by atoms with van der Waals surface area (Å²) < 4.78 is 5.12. The van der Waals surface area contributed by atoms with Crippen molar-refractivity contribution in [3.8, 4) is 5.75 Å². The molecule has 1 rings (SSSR count). The van der Waals surface area contributed by atoms with Gasteiger partial charge in [-0.3, -0.25) is 0 Å². The van der Waals surface area contributed by atoms with E-state index in [2.05, 4.69) is 17.6 Å². The fraction of sp³-hybridized carbons (Fsp3) is 0.533. The molecule has 1 unspecified atom stereocenters. The van der Waals surface area contributed by atoms with Gasteiger partial charge in [-0.1, -0.05) is 19.1 Å². The largest absolute Gasteiger partial charge is 0.497 e. The summed E-state index contributed by atoms with van der Waals surface area (Å²) >= 11 is 0. The number of carbonyl (C=O) groups is 1. The van der Waals surface area contributed by atoms with Crippen LogP contribution >= 0.6 is 0 Å². The summed E-state index contributed by atoms with van der Waals surface area (Å²) in [5.74, 6) is 1.20. The number of aliphatic hydroxyl groups excluding tert-OH is 1. The standard InChI is InChI=1S/C15H24N2O3/c1-12(11-17-15(19)16-8-3-9-18)10-13-4-6-14(20-2)7-5-13/h4-7,12,18H,3,8-11H2,1-2H3,(H2,16,17,19). The van der Waals surface area contributed by atoms with Gasteiger partial charge in [-0.05, 0) is 36.5 Å². The van der Waals surface area contributed by atoms with Crippen LogP contribution in [0.3, 0.4) is 0 Å². The van der Waals surface area contributed by atoms with Gasteiger partial charge < -0.3 is 20.5 Å². The number of benzene rings is 1. The number of aliphatic hydroxyl groups is 1. The smallest absolute Gasteiger partial charge is 0.314 e. The molecule has 1 aromatic rings. The summed E-state index contributed by atoms with van der Waals surface area (Å²) in [6.45, 7) is 3.30. The van der Waals surface area contributed by atoms with Crippen molar-refractivity contribution in [1.29, 1.82) is 0 Å². The molecular weight excluding hydrogens is 256 g/mol. The Labute approximate surface area is 120 Å². The lowest BCUT2D eigenvalue weighted by molar-refractivity contribution is 0.236. The number of urea groups is 1. The Morgan fingerprint density at radius 2 is 2.00 bits per heavy atom. The molecule has 0 bridgehead atoms. The zero-order valence-electron chi connectivity index (χ0n) is 12.2. The summed E-state index contributed by atoms with van der Waals surface area (Å²) in [4.78, 5) is 11.4. The van der Waals surface area contributed by atoms with Crippen molar-refractivity contribution in [2.45, 2.75) is 19.8 Å². The van der Waals surface area contributed by atoms with Crippen LogP contribution in [-0.4, -0.2) is 37.9 Å². The number of ether oxygens (including phenoxy) is 1. The van der Waals surface area contributed by atoms with Crippen LogP contribution in [0.4, 0.5) is 4.79 Å². The molecule has 0 aliphatic heterocycles. The van der Waals surface area contributed by atoms with Gasteiger partial charge >= 0.3 is 6.03 Å². The molecule has 0 radical (unpaired) electrons. The van der Waals surface area contributed by atoms with Crippen molar-refractivity contribution >= 4 is 6.03 Å². The van der Waals surface area contributed by atoms with Crippen LogP contribution in [0.25, 0.3) is 0 Å². The molecule has 20 heavy (non-hydrogen) atoms. The van der Waals surface area contributed by atoms with E-state index in [1.54, 1.807) is 7.11 Å². The molecule has 2 amide bonds. The van der Waals surface area contributed by atoms with Crippen molar-refractivity contribution in [3.05, 3.63) is 29.8 Å². The molecule has 0 spiro atoms. The number of hydrogen-bond donors (Lipinski definition) is 3. The Morgan fingerprint density at radius 3 is 2.60 bits per heavy atom. The second kappa shape index (κ2) is 9.20. The van der Waals surface area contributed by atoms with Gasteiger partial charge in [0.25, 0.3) is 0 Å². The van der Waals surface area contributed by atoms with E-state index in [0.717, 1.165) is 12.2 Å². The van der Waals surface area contributed by atoms with E-state index in [0.29, 0.717) is 25.4 Å². The highest BCUT2D eigenvalue weighted by Crippen LogP contribution is 2.14. The lowest BCUT2D eigenvalue weighted by atomic mass is 10.0. The normalized spacial score (nSPS) is 11.8. The van der Waals surface area contributed by atoms with Crippen LogP contribution in [0.15, 0.2) is 24.3 Å². The number of carbonyl (C=O) groups excluding carboxylic acids is 1. The molecule has 0 fully saturated rings. The maximum absolute atomic E-state index is 11.4. The maximum Gasteiger partial charge on any atom is 0.314 e. The van der Waals surface area contributed by atoms with Gasteiger partial charge in [0.2, 0.25) is 0 Å². The highest BCUT2D eigenvalue weighted by atomic mass is 16.5. The summed E-state index contributed by atoms with van der Waals surface area (Å²) in [6, 6.07) is 7.78. The van der Waals surface area contributed by atoms with Crippen molar-refractivity contribution < 1.29 is 14.6 Å². The quantitative estimate of drug-likeness (QED) is 0.633. The SMILES string of the molecule is COc1ccc(CC(C)CNC(=O)NCCCO)cc1. The second-order valence-corrected chi connectivity index (χ2v) is 4.87. The van der Waals surface area contributed by atoms with E-state index >= 15 is 0 Å². The average Bonchev–Trinajstić information content (AvgIpc) is 2.46. The van der Waals surface area contributed by atoms with Crippen LogP contribution in [0.1, 0.15) is 18.9 Å². The Balaban J connectivity index is 2.25. The maximum atomic E-state index is 11.4. The van der Waals surface area contributed by atoms with Crippen molar-refractivity contribution in [2.75, 3.05) is 26.8 Å². The fourth-order valence-electron chi connectivity index (χ4n) is 1.85. The summed E-state index contributed by atoms with van der Waals surface area (Å²) in [6.07, 6.45) is 1.48. The number of nitrogens with one attached hydrogen (secondary N) is 2. The van der Waals surface area contributed by atoms with Gasteiger partial charge in [0.15, 0.2) is 0 Å². The van der Waals surface area contributed by atoms with E-state index in [-0.39, 0.29) is 12.6 Å². The van der Waals surface area contributed by atoms with Gasteiger partial charge in [-0.15, -0.1) is 0 Å². The highest BCUT2D eigenvalue weighted by molar-refractivity contribution is 5.73. The van der Waals surface area contributed by atoms with Crippen molar-refractivity contribution in [2.24, 2.45) is 5.92 Å². The van der Waals surface area contributed by atoms with Gasteiger partial charge in [-0.2, -0.15) is 0 Å². The molecule has 0 aromatic heterocycles. The number of hydrogen-bond acceptors (Lipinski definition) is 3. The molecular formula is C15H24N2O3. The van der Waals surface area contributed by atoms with E-state index in [1.165, 1.54) is 5.56 Å². The van der Waals surface area contributed by atoms with Crippen LogP contribution < -0.4 is 15.4 Å². The molecule has 1 aromatic carbocycles. The minimum Gasteiger partial charge on any atom is -0.497 e. The molecule has 0 saturated carbocycles. The van der Waals surface area contributed by atoms with Gasteiger partial charge in [-0.25, -0.2) is 4.79 Å². The lowest BCUT2D eigenvalue weighted by Gasteiger charge is -2.13. The number of amides is 2. The predicted molar refractivity (Wildman–Crippen MR) is 79.0 cm³/mol. The van der Waals surface area contributed by atoms with E-state index in [9.17, 15) is 4.79 Å². The molecule has 0 aliphatic carbocycles. The number of methoxy groups -OCH3 is 1. The van der Waals surface area contributed by atoms with Crippen molar-refractivity contribution in [3.63, 3.8) is 0 Å². The molecule has 0 heterocycles. The monoisotopic (exact) mass is 280 g/mol. The molecule has 112 valence electrons. The highest BCUT2D eigenvalue weighted by Gasteiger charge is 2.06. The van der Waals surface area contributed by atoms with Crippen LogP contribution in [0.2, 0.25) is 0 Å². The Morgan fingerprint density at radius 1 is 1.30 bits per heavy atom. The molecule has 5 heteroatoms. The van der Waals surface area contributed by atoms with Crippen LogP contribution in [0, 0.1) is 5.92 Å². The fourth-order valence-corrected chi connectivity index (χ4v) is 1.85. The van der Waals surface area contributed by atoms with Gasteiger partial charge in [0.05, 0.1) is 7.11 Å². The first-order valence-corrected chi connectivity index (χ1v) is 6.91. The Kier molecular flexibility index (Phi) is 7.50. The first-order chi connectivity index (χ1) is 9.65. The average molecular weight is 280 g/mol. The Hall–Kier alpha value is -1.75. The summed E-state index contributed by atoms with van der Waals surface area (Å²) in [5.41, 5.74) is 1.22. The molecule has 0 saturated heterocycles. The molecule has 5 nitrogen and oxygen atoms in total. The van der Waals surface area contributed by atoms with Gasteiger partial charge in [0.1, 0.15) is 5.75 Å². The third kappa shape index (κ3) is 6.43.